The Labute approximate surface area is 161 Å². The quantitative estimate of drug-likeness (QED) is 0.831. The van der Waals surface area contributed by atoms with Crippen LogP contribution in [0.4, 0.5) is 5.69 Å². The summed E-state index contributed by atoms with van der Waals surface area (Å²) in [5.74, 6) is 1.42. The number of imidazole rings is 1. The average molecular weight is 364 g/mol. The van der Waals surface area contributed by atoms with Crippen LogP contribution in [0, 0.1) is 6.92 Å². The normalized spacial score (nSPS) is 26.3. The molecule has 1 unspecified atom stereocenters. The van der Waals surface area contributed by atoms with Gasteiger partial charge in [-0.2, -0.15) is 0 Å². The molecule has 0 radical (unpaired) electrons. The summed E-state index contributed by atoms with van der Waals surface area (Å²) in [6.45, 7) is 4.69. The van der Waals surface area contributed by atoms with Crippen LogP contribution in [0.1, 0.15) is 56.0 Å². The molecule has 27 heavy (non-hydrogen) atoms. The van der Waals surface area contributed by atoms with Crippen LogP contribution >= 0.6 is 0 Å². The summed E-state index contributed by atoms with van der Waals surface area (Å²) in [6.07, 6.45) is 10.6. The van der Waals surface area contributed by atoms with E-state index in [9.17, 15) is 4.79 Å². The van der Waals surface area contributed by atoms with Gasteiger partial charge in [-0.05, 0) is 64.1 Å². The summed E-state index contributed by atoms with van der Waals surface area (Å²) in [7, 11) is 0. The van der Waals surface area contributed by atoms with Crippen LogP contribution in [0.5, 0.6) is 0 Å². The molecule has 1 aliphatic carbocycles. The Morgan fingerprint density at radius 1 is 1.11 bits per heavy atom. The molecule has 5 nitrogen and oxygen atoms in total. The molecule has 2 aliphatic heterocycles. The lowest BCUT2D eigenvalue weighted by molar-refractivity contribution is -0.131. The van der Waals surface area contributed by atoms with E-state index in [0.717, 1.165) is 56.8 Å². The minimum atomic E-state index is -0.344. The van der Waals surface area contributed by atoms with Crippen molar-refractivity contribution < 1.29 is 4.79 Å². The van der Waals surface area contributed by atoms with Crippen molar-refractivity contribution in [3.63, 3.8) is 0 Å². The molecule has 3 aliphatic rings. The average Bonchev–Trinajstić information content (AvgIpc) is 3.29. The first-order chi connectivity index (χ1) is 13.2. The van der Waals surface area contributed by atoms with Gasteiger partial charge in [-0.25, -0.2) is 4.98 Å². The highest BCUT2D eigenvalue weighted by Crippen LogP contribution is 2.41. The number of aromatic nitrogens is 2. The van der Waals surface area contributed by atoms with Crippen LogP contribution in [0.2, 0.25) is 0 Å². The molecule has 1 spiro atoms. The van der Waals surface area contributed by atoms with Crippen molar-refractivity contribution in [2.45, 2.75) is 63.6 Å². The Balaban J connectivity index is 1.42. The Morgan fingerprint density at radius 3 is 2.59 bits per heavy atom. The van der Waals surface area contributed by atoms with Gasteiger partial charge in [0, 0.05) is 30.7 Å². The van der Waals surface area contributed by atoms with Crippen molar-refractivity contribution in [3.05, 3.63) is 48.0 Å². The minimum absolute atomic E-state index is 0.291. The maximum Gasteiger partial charge on any atom is 0.247 e. The molecule has 1 amide bonds. The molecule has 5 heteroatoms. The number of hydrogen-bond donors (Lipinski definition) is 0. The Morgan fingerprint density at radius 2 is 1.85 bits per heavy atom. The molecule has 1 aromatic heterocycles. The zero-order chi connectivity index (χ0) is 18.4. The first-order valence-electron chi connectivity index (χ1n) is 10.3. The fourth-order valence-electron chi connectivity index (χ4n) is 4.97. The summed E-state index contributed by atoms with van der Waals surface area (Å²) in [5, 5.41) is 0. The van der Waals surface area contributed by atoms with E-state index in [1.807, 2.05) is 11.1 Å². The minimum Gasteiger partial charge on any atom is -0.331 e. The van der Waals surface area contributed by atoms with Crippen molar-refractivity contribution >= 4 is 11.6 Å². The number of carbonyl (C=O) groups excluding carboxylic acids is 1. The predicted octanol–water partition coefficient (Wildman–Crippen LogP) is 3.69. The van der Waals surface area contributed by atoms with Crippen LogP contribution in [-0.2, 0) is 11.3 Å². The molecular weight excluding hydrogens is 336 g/mol. The zero-order valence-electron chi connectivity index (χ0n) is 16.1. The van der Waals surface area contributed by atoms with Crippen molar-refractivity contribution in [3.8, 4) is 0 Å². The van der Waals surface area contributed by atoms with Crippen LogP contribution < -0.4 is 4.90 Å². The van der Waals surface area contributed by atoms with Gasteiger partial charge in [0.15, 0.2) is 0 Å². The maximum atomic E-state index is 13.7. The SMILES string of the molecule is Cc1ccc(N2CCCC3(CCCN3Cc3nccn3C3CC3)C2=O)cc1. The first kappa shape index (κ1) is 17.0. The van der Waals surface area contributed by atoms with Crippen LogP contribution in [0.25, 0.3) is 0 Å². The largest absolute Gasteiger partial charge is 0.331 e. The number of anilines is 1. The summed E-state index contributed by atoms with van der Waals surface area (Å²) >= 11 is 0. The third-order valence-corrected chi connectivity index (χ3v) is 6.61. The fourth-order valence-corrected chi connectivity index (χ4v) is 4.97. The molecule has 0 bridgehead atoms. The van der Waals surface area contributed by atoms with Crippen molar-refractivity contribution in [1.82, 2.24) is 14.5 Å². The van der Waals surface area contributed by atoms with Crippen molar-refractivity contribution in [2.75, 3.05) is 18.0 Å². The van der Waals surface area contributed by atoms with Gasteiger partial charge in [0.25, 0.3) is 0 Å². The summed E-state index contributed by atoms with van der Waals surface area (Å²) < 4.78 is 2.33. The first-order valence-corrected chi connectivity index (χ1v) is 10.3. The van der Waals surface area contributed by atoms with Crippen molar-refractivity contribution in [2.24, 2.45) is 0 Å². The molecule has 0 N–H and O–H groups in total. The summed E-state index contributed by atoms with van der Waals surface area (Å²) in [4.78, 5) is 22.7. The molecule has 1 saturated carbocycles. The van der Waals surface area contributed by atoms with Gasteiger partial charge in [-0.1, -0.05) is 17.7 Å². The van der Waals surface area contributed by atoms with Gasteiger partial charge in [0.1, 0.15) is 11.4 Å². The van der Waals surface area contributed by atoms with E-state index in [4.69, 9.17) is 0 Å². The van der Waals surface area contributed by atoms with Gasteiger partial charge >= 0.3 is 0 Å². The molecule has 3 fully saturated rings. The highest BCUT2D eigenvalue weighted by molar-refractivity contribution is 6.01. The lowest BCUT2D eigenvalue weighted by Crippen LogP contribution is -2.60. The number of amides is 1. The molecule has 3 heterocycles. The van der Waals surface area contributed by atoms with Gasteiger partial charge in [0.05, 0.1) is 6.54 Å². The van der Waals surface area contributed by atoms with E-state index < -0.39 is 0 Å². The van der Waals surface area contributed by atoms with Crippen molar-refractivity contribution in [1.29, 1.82) is 0 Å². The van der Waals surface area contributed by atoms with E-state index in [1.165, 1.54) is 18.4 Å². The third kappa shape index (κ3) is 2.89. The van der Waals surface area contributed by atoms with Gasteiger partial charge in [-0.3, -0.25) is 9.69 Å². The van der Waals surface area contributed by atoms with Gasteiger partial charge in [0.2, 0.25) is 5.91 Å². The standard InChI is InChI=1S/C22H28N4O/c1-17-4-6-19(7-5-17)26-14-3-11-22(21(26)27)10-2-13-24(22)16-20-23-12-15-25(20)18-8-9-18/h4-7,12,15,18H,2-3,8-11,13-14,16H2,1H3. The second-order valence-corrected chi connectivity index (χ2v) is 8.43. The van der Waals surface area contributed by atoms with E-state index >= 15 is 0 Å². The molecule has 1 aromatic carbocycles. The van der Waals surface area contributed by atoms with Gasteiger partial charge in [-0.15, -0.1) is 0 Å². The third-order valence-electron chi connectivity index (χ3n) is 6.61. The predicted molar refractivity (Wildman–Crippen MR) is 106 cm³/mol. The van der Waals surface area contributed by atoms with E-state index in [2.05, 4.69) is 51.8 Å². The van der Waals surface area contributed by atoms with Gasteiger partial charge < -0.3 is 9.47 Å². The van der Waals surface area contributed by atoms with Crippen LogP contribution in [-0.4, -0.2) is 39.0 Å². The van der Waals surface area contributed by atoms with Crippen LogP contribution in [0.3, 0.4) is 0 Å². The van der Waals surface area contributed by atoms with Crippen LogP contribution in [0.15, 0.2) is 36.7 Å². The Hall–Kier alpha value is -2.14. The Bertz CT molecular complexity index is 838. The highest BCUT2D eigenvalue weighted by Gasteiger charge is 2.51. The number of carbonyl (C=O) groups is 1. The van der Waals surface area contributed by atoms with E-state index in [-0.39, 0.29) is 5.54 Å². The Kier molecular flexibility index (Phi) is 4.08. The zero-order valence-corrected chi connectivity index (χ0v) is 16.1. The summed E-state index contributed by atoms with van der Waals surface area (Å²) in [6, 6.07) is 9.01. The number of hydrogen-bond acceptors (Lipinski definition) is 3. The number of piperidine rings is 1. The molecule has 1 atom stereocenters. The number of rotatable bonds is 4. The highest BCUT2D eigenvalue weighted by atomic mass is 16.2. The maximum absolute atomic E-state index is 13.7. The number of likely N-dealkylation sites (tertiary alicyclic amines) is 1. The van der Waals surface area contributed by atoms with E-state index in [1.54, 1.807) is 0 Å². The number of nitrogens with zero attached hydrogens (tertiary/aromatic N) is 4. The fraction of sp³-hybridized carbons (Fsp3) is 0.545. The molecule has 142 valence electrons. The molecule has 2 aromatic rings. The molecular formula is C22H28N4O. The lowest BCUT2D eigenvalue weighted by Gasteiger charge is -2.44. The molecule has 5 rings (SSSR count). The second-order valence-electron chi connectivity index (χ2n) is 8.43. The second kappa shape index (κ2) is 6.48. The number of benzene rings is 1. The van der Waals surface area contributed by atoms with E-state index in [0.29, 0.717) is 11.9 Å². The smallest absolute Gasteiger partial charge is 0.247 e. The topological polar surface area (TPSA) is 41.4 Å². The lowest BCUT2D eigenvalue weighted by atomic mass is 9.85. The number of aryl methyl sites for hydroxylation is 1. The summed E-state index contributed by atoms with van der Waals surface area (Å²) in [5.41, 5.74) is 1.92. The molecule has 2 saturated heterocycles. The monoisotopic (exact) mass is 364 g/mol.